The fourth-order valence-electron chi connectivity index (χ4n) is 3.55. The number of hydrogen-bond donors (Lipinski definition) is 1. The average molecular weight is 415 g/mol. The number of aromatic amines is 1. The molecule has 0 spiro atoms. The number of hydrogen-bond acceptors (Lipinski definition) is 4. The lowest BCUT2D eigenvalue weighted by molar-refractivity contribution is 0.295. The van der Waals surface area contributed by atoms with Crippen LogP contribution in [0.4, 0.5) is 0 Å². The highest BCUT2D eigenvalue weighted by Crippen LogP contribution is 2.27. The third kappa shape index (κ3) is 3.91. The summed E-state index contributed by atoms with van der Waals surface area (Å²) in [5, 5.41) is 0.976. The molecule has 0 aliphatic carbocycles. The van der Waals surface area contributed by atoms with E-state index in [4.69, 9.17) is 9.72 Å². The van der Waals surface area contributed by atoms with Crippen molar-refractivity contribution in [3.8, 4) is 5.75 Å². The van der Waals surface area contributed by atoms with Gasteiger partial charge in [-0.15, -0.1) is 0 Å². The largest absolute Gasteiger partial charge is 0.492 e. The molecule has 0 atom stereocenters. The zero-order valence-corrected chi connectivity index (χ0v) is 17.5. The first-order valence-corrected chi connectivity index (χ1v) is 11.0. The summed E-state index contributed by atoms with van der Waals surface area (Å²) in [4.78, 5) is 12.9. The summed E-state index contributed by atoms with van der Waals surface area (Å²) >= 11 is 1.69. The van der Waals surface area contributed by atoms with Crippen LogP contribution in [0.1, 0.15) is 11.4 Å². The van der Waals surface area contributed by atoms with Crippen LogP contribution >= 0.6 is 11.8 Å². The summed E-state index contributed by atoms with van der Waals surface area (Å²) in [6.45, 7) is 3.39. The van der Waals surface area contributed by atoms with Crippen molar-refractivity contribution in [1.29, 1.82) is 0 Å². The summed E-state index contributed by atoms with van der Waals surface area (Å²) in [6, 6.07) is 24.5. The van der Waals surface area contributed by atoms with Crippen molar-refractivity contribution in [2.24, 2.45) is 0 Å². The van der Waals surface area contributed by atoms with Crippen LogP contribution in [0.3, 0.4) is 0 Å². The number of nitrogens with zero attached hydrogens (tertiary/aromatic N) is 3. The lowest BCUT2D eigenvalue weighted by Crippen LogP contribution is -2.09. The fraction of sp³-hybridized carbons (Fsp3) is 0.167. The van der Waals surface area contributed by atoms with Crippen molar-refractivity contribution in [2.75, 3.05) is 6.61 Å². The van der Waals surface area contributed by atoms with E-state index < -0.39 is 0 Å². The van der Waals surface area contributed by atoms with Crippen LogP contribution in [0, 0.1) is 6.92 Å². The van der Waals surface area contributed by atoms with Gasteiger partial charge in [-0.1, -0.05) is 48.2 Å². The highest BCUT2D eigenvalue weighted by atomic mass is 32.2. The Kier molecular flexibility index (Phi) is 5.15. The van der Waals surface area contributed by atoms with Crippen LogP contribution in [0.15, 0.2) is 78.0 Å². The minimum absolute atomic E-state index is 0.585. The van der Waals surface area contributed by atoms with Gasteiger partial charge in [-0.05, 0) is 48.9 Å². The van der Waals surface area contributed by atoms with Gasteiger partial charge in [0.25, 0.3) is 0 Å². The summed E-state index contributed by atoms with van der Waals surface area (Å²) in [7, 11) is 0. The van der Waals surface area contributed by atoms with E-state index in [1.807, 2.05) is 42.5 Å². The Morgan fingerprint density at radius 1 is 0.933 bits per heavy atom. The Labute approximate surface area is 179 Å². The lowest BCUT2D eigenvalue weighted by Gasteiger charge is -2.10. The van der Waals surface area contributed by atoms with Crippen molar-refractivity contribution in [1.82, 2.24) is 19.5 Å². The van der Waals surface area contributed by atoms with Crippen molar-refractivity contribution in [3.63, 3.8) is 0 Å². The molecule has 5 aromatic rings. The van der Waals surface area contributed by atoms with Crippen molar-refractivity contribution in [2.45, 2.75) is 24.4 Å². The van der Waals surface area contributed by atoms with Gasteiger partial charge in [0.15, 0.2) is 5.16 Å². The van der Waals surface area contributed by atoms with Crippen molar-refractivity contribution < 1.29 is 4.74 Å². The van der Waals surface area contributed by atoms with Gasteiger partial charge in [0.1, 0.15) is 18.2 Å². The number of aryl methyl sites for hydroxylation is 1. The Morgan fingerprint density at radius 3 is 2.63 bits per heavy atom. The van der Waals surface area contributed by atoms with Crippen molar-refractivity contribution in [3.05, 3.63) is 84.2 Å². The van der Waals surface area contributed by atoms with E-state index in [-0.39, 0.29) is 0 Å². The fourth-order valence-corrected chi connectivity index (χ4v) is 4.46. The van der Waals surface area contributed by atoms with Crippen LogP contribution in [-0.2, 0) is 12.3 Å². The smallest absolute Gasteiger partial charge is 0.169 e. The van der Waals surface area contributed by atoms with Crippen molar-refractivity contribution >= 4 is 33.8 Å². The number of ether oxygens (including phenoxy) is 1. The van der Waals surface area contributed by atoms with Gasteiger partial charge in [-0.2, -0.15) is 0 Å². The van der Waals surface area contributed by atoms with Gasteiger partial charge in [0.05, 0.1) is 34.4 Å². The van der Waals surface area contributed by atoms with E-state index in [1.54, 1.807) is 11.8 Å². The first kappa shape index (κ1) is 18.8. The van der Waals surface area contributed by atoms with Gasteiger partial charge < -0.3 is 14.3 Å². The van der Waals surface area contributed by atoms with E-state index in [9.17, 15) is 0 Å². The third-order valence-electron chi connectivity index (χ3n) is 4.97. The number of rotatable bonds is 7. The molecule has 6 heteroatoms. The predicted molar refractivity (Wildman–Crippen MR) is 122 cm³/mol. The topological polar surface area (TPSA) is 55.7 Å². The molecular formula is C24H22N4OS. The number of imidazole rings is 2. The highest BCUT2D eigenvalue weighted by molar-refractivity contribution is 7.98. The lowest BCUT2D eigenvalue weighted by atomic mass is 10.2. The molecule has 1 N–H and O–H groups in total. The van der Waals surface area contributed by atoms with E-state index in [0.717, 1.165) is 51.1 Å². The highest BCUT2D eigenvalue weighted by Gasteiger charge is 2.12. The number of nitrogens with one attached hydrogen (secondary N) is 1. The standard InChI is InChI=1S/C24H22N4OS/c1-17-7-6-8-18(15-17)29-14-13-28-22-12-5-4-11-21(22)27-24(28)30-16-23-25-19-9-2-3-10-20(19)26-23/h2-12,15H,13-14,16H2,1H3,(H,25,26). The molecule has 0 aliphatic heterocycles. The molecule has 5 nitrogen and oxygen atoms in total. The number of fused-ring (bicyclic) bond motifs is 2. The summed E-state index contributed by atoms with van der Waals surface area (Å²) in [5.74, 6) is 2.59. The van der Waals surface area contributed by atoms with Gasteiger partial charge in [0.2, 0.25) is 0 Å². The first-order valence-electron chi connectivity index (χ1n) is 9.97. The summed E-state index contributed by atoms with van der Waals surface area (Å²) < 4.78 is 8.22. The Morgan fingerprint density at radius 2 is 1.77 bits per heavy atom. The molecule has 3 aromatic carbocycles. The SMILES string of the molecule is Cc1cccc(OCCn2c(SCc3nc4ccccc4[nH]3)nc3ccccc32)c1. The number of thioether (sulfide) groups is 1. The van der Waals surface area contributed by atoms with E-state index >= 15 is 0 Å². The molecule has 0 fully saturated rings. The molecule has 0 amide bonds. The molecule has 0 saturated carbocycles. The second-order valence-corrected chi connectivity index (χ2v) is 8.13. The Balaban J connectivity index is 1.34. The normalized spacial score (nSPS) is 11.4. The summed E-state index contributed by atoms with van der Waals surface area (Å²) in [5.41, 5.74) is 5.38. The first-order chi connectivity index (χ1) is 14.8. The molecule has 0 radical (unpaired) electrons. The maximum atomic E-state index is 5.99. The predicted octanol–water partition coefficient (Wildman–Crippen LogP) is 5.59. The molecule has 30 heavy (non-hydrogen) atoms. The third-order valence-corrected chi connectivity index (χ3v) is 5.96. The minimum Gasteiger partial charge on any atom is -0.492 e. The number of aromatic nitrogens is 4. The van der Waals surface area contributed by atoms with Crippen LogP contribution in [0.25, 0.3) is 22.1 Å². The van der Waals surface area contributed by atoms with E-state index in [1.165, 1.54) is 5.56 Å². The molecule has 0 unspecified atom stereocenters. The monoisotopic (exact) mass is 414 g/mol. The number of para-hydroxylation sites is 4. The molecular weight excluding hydrogens is 392 g/mol. The van der Waals surface area contributed by atoms with E-state index in [2.05, 4.69) is 51.8 Å². The average Bonchev–Trinajstić information content (AvgIpc) is 3.33. The van der Waals surface area contributed by atoms with Crippen LogP contribution in [0.2, 0.25) is 0 Å². The Hall–Kier alpha value is -3.25. The molecule has 0 bridgehead atoms. The minimum atomic E-state index is 0.585. The molecule has 2 heterocycles. The molecule has 150 valence electrons. The van der Waals surface area contributed by atoms with Crippen LogP contribution in [-0.4, -0.2) is 26.1 Å². The zero-order valence-electron chi connectivity index (χ0n) is 16.7. The maximum absolute atomic E-state index is 5.99. The Bertz CT molecular complexity index is 1270. The zero-order chi connectivity index (χ0) is 20.3. The molecule has 0 saturated heterocycles. The molecule has 5 rings (SSSR count). The van der Waals surface area contributed by atoms with Crippen LogP contribution < -0.4 is 4.74 Å². The van der Waals surface area contributed by atoms with E-state index in [0.29, 0.717) is 6.61 Å². The van der Waals surface area contributed by atoms with Crippen LogP contribution in [0.5, 0.6) is 5.75 Å². The number of benzene rings is 3. The molecule has 2 aromatic heterocycles. The second-order valence-electron chi connectivity index (χ2n) is 7.19. The van der Waals surface area contributed by atoms with Gasteiger partial charge >= 0.3 is 0 Å². The number of H-pyrrole nitrogens is 1. The maximum Gasteiger partial charge on any atom is 0.169 e. The summed E-state index contributed by atoms with van der Waals surface area (Å²) in [6.07, 6.45) is 0. The van der Waals surface area contributed by atoms with Gasteiger partial charge in [-0.3, -0.25) is 0 Å². The van der Waals surface area contributed by atoms with Gasteiger partial charge in [-0.25, -0.2) is 9.97 Å². The van der Waals surface area contributed by atoms with Gasteiger partial charge in [0, 0.05) is 0 Å². The second kappa shape index (κ2) is 8.24. The quantitative estimate of drug-likeness (QED) is 0.353. The molecule has 0 aliphatic rings.